The molecule has 2 aromatic rings. The smallest absolute Gasteiger partial charge is 0.263 e. The second-order valence-electron chi connectivity index (χ2n) is 6.61. The Bertz CT molecular complexity index is 913. The molecule has 0 spiro atoms. The molecular weight excluding hydrogens is 360 g/mol. The first-order chi connectivity index (χ1) is 13.5. The highest BCUT2D eigenvalue weighted by Crippen LogP contribution is 2.17. The maximum Gasteiger partial charge on any atom is 0.263 e. The van der Waals surface area contributed by atoms with E-state index in [2.05, 4.69) is 9.88 Å². The van der Waals surface area contributed by atoms with Crippen LogP contribution >= 0.6 is 0 Å². The Morgan fingerprint density at radius 2 is 2.11 bits per heavy atom. The molecule has 0 atom stereocenters. The maximum absolute atomic E-state index is 12.3. The highest BCUT2D eigenvalue weighted by Gasteiger charge is 2.14. The summed E-state index contributed by atoms with van der Waals surface area (Å²) in [7, 11) is 0. The minimum absolute atomic E-state index is 0.264. The average molecular weight is 384 g/mol. The van der Waals surface area contributed by atoms with E-state index in [1.54, 1.807) is 13.0 Å². The third-order valence-corrected chi connectivity index (χ3v) is 4.46. The van der Waals surface area contributed by atoms with Gasteiger partial charge in [-0.15, -0.1) is 0 Å². The predicted octanol–water partition coefficient (Wildman–Crippen LogP) is 2.00. The van der Waals surface area contributed by atoms with E-state index in [-0.39, 0.29) is 11.3 Å². The molecule has 1 saturated heterocycles. The van der Waals surface area contributed by atoms with Crippen LogP contribution in [0, 0.1) is 6.92 Å². The van der Waals surface area contributed by atoms with Crippen molar-refractivity contribution in [3.05, 3.63) is 63.6 Å². The van der Waals surface area contributed by atoms with E-state index >= 15 is 0 Å². The van der Waals surface area contributed by atoms with Crippen LogP contribution in [0.2, 0.25) is 0 Å². The lowest BCUT2D eigenvalue weighted by Gasteiger charge is -2.26. The van der Waals surface area contributed by atoms with Crippen LogP contribution in [-0.4, -0.2) is 60.2 Å². The molecule has 1 fully saturated rings. The Morgan fingerprint density at radius 1 is 1.32 bits per heavy atom. The number of carbonyl (C=O) groups excluding carboxylic acids is 1. The molecule has 1 aliphatic heterocycles. The van der Waals surface area contributed by atoms with E-state index in [4.69, 9.17) is 9.47 Å². The van der Waals surface area contributed by atoms with Crippen LogP contribution in [0.5, 0.6) is 11.5 Å². The van der Waals surface area contributed by atoms with Crippen molar-refractivity contribution in [1.82, 2.24) is 9.88 Å². The molecule has 7 nitrogen and oxygen atoms in total. The third-order valence-electron chi connectivity index (χ3n) is 4.46. The number of nitrogens with one attached hydrogen (secondary N) is 1. The van der Waals surface area contributed by atoms with Gasteiger partial charge in [-0.1, -0.05) is 18.2 Å². The van der Waals surface area contributed by atoms with Crippen molar-refractivity contribution in [2.45, 2.75) is 6.92 Å². The molecule has 0 bridgehead atoms. The number of aromatic amines is 1. The van der Waals surface area contributed by atoms with Crippen LogP contribution in [0.25, 0.3) is 6.08 Å². The summed E-state index contributed by atoms with van der Waals surface area (Å²) in [6.07, 6.45) is 2.86. The SMILES string of the molecule is Cc1cc(O)c(C(=O)/C=C/c2cccc(OCCN3CCOCC3)c2)c(=O)[nH]1. The van der Waals surface area contributed by atoms with Gasteiger partial charge in [0.05, 0.1) is 13.2 Å². The zero-order valence-electron chi connectivity index (χ0n) is 15.8. The van der Waals surface area contributed by atoms with Crippen molar-refractivity contribution < 1.29 is 19.4 Å². The first kappa shape index (κ1) is 19.9. The van der Waals surface area contributed by atoms with Crippen molar-refractivity contribution in [2.24, 2.45) is 0 Å². The molecule has 0 aliphatic carbocycles. The van der Waals surface area contributed by atoms with E-state index in [0.717, 1.165) is 38.4 Å². The summed E-state index contributed by atoms with van der Waals surface area (Å²) in [5.41, 5.74) is 0.386. The van der Waals surface area contributed by atoms with Gasteiger partial charge in [0.2, 0.25) is 0 Å². The number of hydrogen-bond acceptors (Lipinski definition) is 6. The molecule has 28 heavy (non-hydrogen) atoms. The van der Waals surface area contributed by atoms with E-state index in [1.807, 2.05) is 24.3 Å². The number of aromatic hydroxyl groups is 1. The lowest BCUT2D eigenvalue weighted by Crippen LogP contribution is -2.38. The monoisotopic (exact) mass is 384 g/mol. The van der Waals surface area contributed by atoms with Crippen LogP contribution in [0.15, 0.2) is 41.2 Å². The summed E-state index contributed by atoms with van der Waals surface area (Å²) in [4.78, 5) is 29.0. The van der Waals surface area contributed by atoms with Crippen molar-refractivity contribution in [3.63, 3.8) is 0 Å². The number of hydrogen-bond donors (Lipinski definition) is 2. The number of allylic oxidation sites excluding steroid dienone is 1. The van der Waals surface area contributed by atoms with Gasteiger partial charge in [-0.05, 0) is 36.8 Å². The second kappa shape index (κ2) is 9.34. The summed E-state index contributed by atoms with van der Waals surface area (Å²) < 4.78 is 11.1. The number of aromatic nitrogens is 1. The van der Waals surface area contributed by atoms with Crippen molar-refractivity contribution >= 4 is 11.9 Å². The number of nitrogens with zero attached hydrogens (tertiary/aromatic N) is 1. The van der Waals surface area contributed by atoms with E-state index < -0.39 is 11.3 Å². The van der Waals surface area contributed by atoms with Crippen molar-refractivity contribution in [2.75, 3.05) is 39.5 Å². The number of carbonyl (C=O) groups is 1. The number of rotatable bonds is 7. The summed E-state index contributed by atoms with van der Waals surface area (Å²) in [5.74, 6) is -0.174. The molecule has 1 aromatic heterocycles. The molecule has 1 aliphatic rings. The molecular formula is C21H24N2O5. The Morgan fingerprint density at radius 3 is 2.86 bits per heavy atom. The van der Waals surface area contributed by atoms with E-state index in [0.29, 0.717) is 18.1 Å². The summed E-state index contributed by atoms with van der Waals surface area (Å²) in [6, 6.07) is 8.70. The molecule has 3 rings (SSSR count). The number of benzene rings is 1. The Labute approximate surface area is 163 Å². The lowest BCUT2D eigenvalue weighted by atomic mass is 10.1. The van der Waals surface area contributed by atoms with Gasteiger partial charge in [-0.3, -0.25) is 14.5 Å². The van der Waals surface area contributed by atoms with Crippen LogP contribution < -0.4 is 10.3 Å². The highest BCUT2D eigenvalue weighted by atomic mass is 16.5. The molecule has 1 aromatic carbocycles. The maximum atomic E-state index is 12.3. The number of aryl methyl sites for hydroxylation is 1. The Kier molecular flexibility index (Phi) is 6.62. The standard InChI is InChI=1S/C21H24N2O5/c1-15-13-19(25)20(21(26)22-15)18(24)6-5-16-3-2-4-17(14-16)28-12-9-23-7-10-27-11-8-23/h2-6,13-14H,7-12H2,1H3,(H2,22,25,26)/b6-5+. The zero-order valence-corrected chi connectivity index (χ0v) is 15.8. The fourth-order valence-electron chi connectivity index (χ4n) is 2.99. The highest BCUT2D eigenvalue weighted by molar-refractivity contribution is 6.08. The summed E-state index contributed by atoms with van der Waals surface area (Å²) >= 11 is 0. The summed E-state index contributed by atoms with van der Waals surface area (Å²) in [5, 5.41) is 9.88. The largest absolute Gasteiger partial charge is 0.507 e. The average Bonchev–Trinajstić information content (AvgIpc) is 2.67. The molecule has 0 radical (unpaired) electrons. The zero-order chi connectivity index (χ0) is 19.9. The van der Waals surface area contributed by atoms with Gasteiger partial charge >= 0.3 is 0 Å². The quantitative estimate of drug-likeness (QED) is 0.560. The Balaban J connectivity index is 1.60. The fraction of sp³-hybridized carbons (Fsp3) is 0.333. The fourth-order valence-corrected chi connectivity index (χ4v) is 2.99. The molecule has 2 heterocycles. The molecule has 0 saturated carbocycles. The van der Waals surface area contributed by atoms with Crippen LogP contribution in [0.1, 0.15) is 21.6 Å². The van der Waals surface area contributed by atoms with Gasteiger partial charge in [-0.25, -0.2) is 0 Å². The topological polar surface area (TPSA) is 91.9 Å². The molecule has 0 unspecified atom stereocenters. The first-order valence-electron chi connectivity index (χ1n) is 9.21. The number of ketones is 1. The minimum Gasteiger partial charge on any atom is -0.507 e. The van der Waals surface area contributed by atoms with E-state index in [1.165, 1.54) is 12.1 Å². The van der Waals surface area contributed by atoms with Gasteiger partial charge in [0.15, 0.2) is 5.78 Å². The van der Waals surface area contributed by atoms with Gasteiger partial charge in [-0.2, -0.15) is 0 Å². The van der Waals surface area contributed by atoms with Crippen molar-refractivity contribution in [3.8, 4) is 11.5 Å². The third kappa shape index (κ3) is 5.31. The molecule has 0 amide bonds. The van der Waals surface area contributed by atoms with Gasteiger partial charge in [0.25, 0.3) is 5.56 Å². The van der Waals surface area contributed by atoms with Crippen molar-refractivity contribution in [1.29, 1.82) is 0 Å². The van der Waals surface area contributed by atoms with Crippen LogP contribution in [0.4, 0.5) is 0 Å². The lowest BCUT2D eigenvalue weighted by molar-refractivity contribution is 0.0322. The van der Waals surface area contributed by atoms with Crippen LogP contribution in [0.3, 0.4) is 0 Å². The van der Waals surface area contributed by atoms with E-state index in [9.17, 15) is 14.7 Å². The molecule has 7 heteroatoms. The first-order valence-corrected chi connectivity index (χ1v) is 9.21. The van der Waals surface area contributed by atoms with Gasteiger partial charge in [0.1, 0.15) is 23.7 Å². The number of ether oxygens (including phenoxy) is 2. The minimum atomic E-state index is -0.604. The van der Waals surface area contributed by atoms with Crippen LogP contribution in [-0.2, 0) is 4.74 Å². The Hall–Kier alpha value is -2.90. The predicted molar refractivity (Wildman–Crippen MR) is 106 cm³/mol. The van der Waals surface area contributed by atoms with Gasteiger partial charge in [0, 0.05) is 25.3 Å². The second-order valence-corrected chi connectivity index (χ2v) is 6.61. The number of H-pyrrole nitrogens is 1. The normalized spacial score (nSPS) is 15.0. The molecule has 2 N–H and O–H groups in total. The molecule has 148 valence electrons. The number of morpholine rings is 1. The van der Waals surface area contributed by atoms with Gasteiger partial charge < -0.3 is 19.6 Å². The summed E-state index contributed by atoms with van der Waals surface area (Å²) in [6.45, 7) is 6.38. The number of pyridine rings is 1.